The molecule has 0 unspecified atom stereocenters. The van der Waals surface area contributed by atoms with Gasteiger partial charge in [-0.05, 0) is 74.3 Å². The fourth-order valence-corrected chi connectivity index (χ4v) is 4.16. The zero-order chi connectivity index (χ0) is 17.5. The van der Waals surface area contributed by atoms with Gasteiger partial charge >= 0.3 is 0 Å². The molecule has 2 aliphatic rings. The standard InChI is InChI=1S/C23H35NO/c1-3-5-16-24-17-14-21(15-18-24)20-8-12-23(13-9-20)25-22-10-6-19(4-2)7-11-22/h8-9,12-14,19,22H,3-7,10-11,15-18H2,1-2H3. The van der Waals surface area contributed by atoms with E-state index in [4.69, 9.17) is 4.74 Å². The van der Waals surface area contributed by atoms with Crippen molar-refractivity contribution in [2.24, 2.45) is 5.92 Å². The fourth-order valence-electron chi connectivity index (χ4n) is 4.16. The Kier molecular flexibility index (Phi) is 6.98. The summed E-state index contributed by atoms with van der Waals surface area (Å²) in [4.78, 5) is 2.57. The Morgan fingerprint density at radius 1 is 1.04 bits per heavy atom. The maximum absolute atomic E-state index is 6.22. The van der Waals surface area contributed by atoms with Gasteiger partial charge in [0.2, 0.25) is 0 Å². The highest BCUT2D eigenvalue weighted by Gasteiger charge is 2.21. The van der Waals surface area contributed by atoms with E-state index < -0.39 is 0 Å². The molecule has 1 fully saturated rings. The number of benzene rings is 1. The predicted octanol–water partition coefficient (Wildman–Crippen LogP) is 5.92. The summed E-state index contributed by atoms with van der Waals surface area (Å²) >= 11 is 0. The van der Waals surface area contributed by atoms with Crippen molar-refractivity contribution in [3.63, 3.8) is 0 Å². The number of ether oxygens (including phenoxy) is 1. The third-order valence-electron chi connectivity index (χ3n) is 6.02. The van der Waals surface area contributed by atoms with Crippen molar-refractivity contribution in [3.8, 4) is 5.75 Å². The second-order valence-corrected chi connectivity index (χ2v) is 7.83. The number of rotatable bonds is 7. The van der Waals surface area contributed by atoms with Gasteiger partial charge in [-0.2, -0.15) is 0 Å². The van der Waals surface area contributed by atoms with Crippen LogP contribution in [-0.2, 0) is 0 Å². The monoisotopic (exact) mass is 341 g/mol. The minimum absolute atomic E-state index is 0.426. The number of hydrogen-bond donors (Lipinski definition) is 0. The highest BCUT2D eigenvalue weighted by atomic mass is 16.5. The van der Waals surface area contributed by atoms with Gasteiger partial charge in [-0.25, -0.2) is 0 Å². The largest absolute Gasteiger partial charge is 0.490 e. The summed E-state index contributed by atoms with van der Waals surface area (Å²) in [5.41, 5.74) is 2.87. The maximum atomic E-state index is 6.22. The number of nitrogens with zero attached hydrogens (tertiary/aromatic N) is 1. The average molecular weight is 342 g/mol. The summed E-state index contributed by atoms with van der Waals surface area (Å²) < 4.78 is 6.22. The number of unbranched alkanes of at least 4 members (excludes halogenated alkanes) is 1. The molecule has 0 spiro atoms. The first-order valence-electron chi connectivity index (χ1n) is 10.5. The topological polar surface area (TPSA) is 12.5 Å². The van der Waals surface area contributed by atoms with Gasteiger partial charge in [0.1, 0.15) is 5.75 Å². The van der Waals surface area contributed by atoms with Crippen LogP contribution in [0.25, 0.3) is 5.57 Å². The zero-order valence-electron chi connectivity index (χ0n) is 16.2. The van der Waals surface area contributed by atoms with Gasteiger partial charge in [0, 0.05) is 13.1 Å². The van der Waals surface area contributed by atoms with Crippen molar-refractivity contribution in [1.29, 1.82) is 0 Å². The Morgan fingerprint density at radius 2 is 1.80 bits per heavy atom. The quantitative estimate of drug-likeness (QED) is 0.610. The minimum atomic E-state index is 0.426. The van der Waals surface area contributed by atoms with Crippen LogP contribution in [0.4, 0.5) is 0 Å². The van der Waals surface area contributed by atoms with Crippen molar-refractivity contribution in [2.45, 2.75) is 71.3 Å². The van der Waals surface area contributed by atoms with E-state index in [0.717, 1.165) is 18.2 Å². The minimum Gasteiger partial charge on any atom is -0.490 e. The van der Waals surface area contributed by atoms with E-state index in [2.05, 4.69) is 49.1 Å². The molecule has 25 heavy (non-hydrogen) atoms. The lowest BCUT2D eigenvalue weighted by molar-refractivity contribution is 0.130. The second kappa shape index (κ2) is 9.43. The van der Waals surface area contributed by atoms with E-state index in [1.54, 1.807) is 0 Å². The molecule has 138 valence electrons. The Hall–Kier alpha value is -1.28. The van der Waals surface area contributed by atoms with Crippen LogP contribution in [0.2, 0.25) is 0 Å². The van der Waals surface area contributed by atoms with E-state index in [1.807, 2.05) is 0 Å². The van der Waals surface area contributed by atoms with Crippen LogP contribution in [0.5, 0.6) is 5.75 Å². The Morgan fingerprint density at radius 3 is 2.40 bits per heavy atom. The molecule has 1 aliphatic heterocycles. The predicted molar refractivity (Wildman–Crippen MR) is 107 cm³/mol. The van der Waals surface area contributed by atoms with E-state index in [9.17, 15) is 0 Å². The van der Waals surface area contributed by atoms with E-state index in [-0.39, 0.29) is 0 Å². The smallest absolute Gasteiger partial charge is 0.119 e. The number of hydrogen-bond acceptors (Lipinski definition) is 2. The molecule has 0 atom stereocenters. The molecule has 1 aromatic carbocycles. The molecule has 0 aromatic heterocycles. The lowest BCUT2D eigenvalue weighted by Crippen LogP contribution is -2.29. The first-order chi connectivity index (χ1) is 12.3. The molecule has 1 aliphatic carbocycles. The summed E-state index contributed by atoms with van der Waals surface area (Å²) in [5.74, 6) is 1.97. The van der Waals surface area contributed by atoms with Crippen molar-refractivity contribution < 1.29 is 4.74 Å². The van der Waals surface area contributed by atoms with Gasteiger partial charge in [-0.1, -0.05) is 44.9 Å². The molecule has 2 heteroatoms. The molecule has 0 saturated heterocycles. The SMILES string of the molecule is CCCCN1CC=C(c2ccc(OC3CCC(CC)CC3)cc2)CC1. The lowest BCUT2D eigenvalue weighted by Gasteiger charge is -2.28. The van der Waals surface area contributed by atoms with Gasteiger partial charge in [0.25, 0.3) is 0 Å². The molecule has 0 amide bonds. The molecule has 1 saturated carbocycles. The highest BCUT2D eigenvalue weighted by Crippen LogP contribution is 2.30. The van der Waals surface area contributed by atoms with Crippen LogP contribution in [0.1, 0.15) is 70.8 Å². The molecule has 1 heterocycles. The zero-order valence-corrected chi connectivity index (χ0v) is 16.2. The summed E-state index contributed by atoms with van der Waals surface area (Å²) in [6.45, 7) is 8.13. The molecule has 0 N–H and O–H groups in total. The third kappa shape index (κ3) is 5.34. The Balaban J connectivity index is 1.50. The maximum Gasteiger partial charge on any atom is 0.119 e. The lowest BCUT2D eigenvalue weighted by atomic mass is 9.86. The van der Waals surface area contributed by atoms with Gasteiger partial charge in [-0.3, -0.25) is 4.90 Å². The van der Waals surface area contributed by atoms with Crippen LogP contribution >= 0.6 is 0 Å². The first-order valence-corrected chi connectivity index (χ1v) is 10.5. The summed E-state index contributed by atoms with van der Waals surface area (Å²) in [6, 6.07) is 8.85. The third-order valence-corrected chi connectivity index (χ3v) is 6.02. The van der Waals surface area contributed by atoms with Crippen LogP contribution in [0.3, 0.4) is 0 Å². The van der Waals surface area contributed by atoms with Crippen LogP contribution in [-0.4, -0.2) is 30.6 Å². The first kappa shape index (κ1) is 18.5. The summed E-state index contributed by atoms with van der Waals surface area (Å²) in [6.07, 6.45) is 13.1. The fraction of sp³-hybridized carbons (Fsp3) is 0.652. The average Bonchev–Trinajstić information content (AvgIpc) is 2.68. The molecular formula is C23H35NO. The molecule has 1 aromatic rings. The van der Waals surface area contributed by atoms with Gasteiger partial charge in [0.15, 0.2) is 0 Å². The van der Waals surface area contributed by atoms with Crippen LogP contribution < -0.4 is 4.74 Å². The van der Waals surface area contributed by atoms with Crippen molar-refractivity contribution >= 4 is 5.57 Å². The van der Waals surface area contributed by atoms with Crippen molar-refractivity contribution in [2.75, 3.05) is 19.6 Å². The normalized spacial score (nSPS) is 24.8. The summed E-state index contributed by atoms with van der Waals surface area (Å²) in [5, 5.41) is 0. The van der Waals surface area contributed by atoms with Crippen LogP contribution in [0.15, 0.2) is 30.3 Å². The van der Waals surface area contributed by atoms with Gasteiger partial charge < -0.3 is 4.74 Å². The Labute approximate surface area is 154 Å². The molecule has 2 nitrogen and oxygen atoms in total. The molecular weight excluding hydrogens is 306 g/mol. The van der Waals surface area contributed by atoms with Crippen molar-refractivity contribution in [3.05, 3.63) is 35.9 Å². The van der Waals surface area contributed by atoms with Crippen LogP contribution in [0, 0.1) is 5.92 Å². The van der Waals surface area contributed by atoms with E-state index >= 15 is 0 Å². The van der Waals surface area contributed by atoms with Crippen molar-refractivity contribution in [1.82, 2.24) is 4.90 Å². The summed E-state index contributed by atoms with van der Waals surface area (Å²) in [7, 11) is 0. The van der Waals surface area contributed by atoms with Gasteiger partial charge in [-0.15, -0.1) is 0 Å². The molecule has 3 rings (SSSR count). The highest BCUT2D eigenvalue weighted by molar-refractivity contribution is 5.67. The molecule has 0 radical (unpaired) electrons. The second-order valence-electron chi connectivity index (χ2n) is 7.83. The van der Waals surface area contributed by atoms with E-state index in [1.165, 1.54) is 75.6 Å². The Bertz CT molecular complexity index is 540. The van der Waals surface area contributed by atoms with Gasteiger partial charge in [0.05, 0.1) is 6.10 Å². The molecule has 0 bridgehead atoms. The van der Waals surface area contributed by atoms with E-state index in [0.29, 0.717) is 6.10 Å².